The van der Waals surface area contributed by atoms with Crippen molar-refractivity contribution in [3.8, 4) is 5.75 Å². The molecule has 0 spiro atoms. The highest BCUT2D eigenvalue weighted by molar-refractivity contribution is 7.68. The maximum absolute atomic E-state index is 13.4. The van der Waals surface area contributed by atoms with Crippen molar-refractivity contribution in [2.75, 3.05) is 0 Å². The number of hydrogen-bond acceptors (Lipinski definition) is 3. The van der Waals surface area contributed by atoms with Gasteiger partial charge in [-0.3, -0.25) is 4.79 Å². The van der Waals surface area contributed by atoms with Crippen molar-refractivity contribution in [3.63, 3.8) is 0 Å². The Hall–Kier alpha value is -2.86. The number of aryl methyl sites for hydroxylation is 2. The summed E-state index contributed by atoms with van der Waals surface area (Å²) in [6.45, 7) is 9.40. The first-order chi connectivity index (χ1) is 14.3. The van der Waals surface area contributed by atoms with Crippen molar-refractivity contribution in [3.05, 3.63) is 63.5 Å². The Morgan fingerprint density at radius 3 is 2.32 bits per heavy atom. The normalized spacial score (nSPS) is 13.3. The highest BCUT2D eigenvalue weighted by Gasteiger charge is 2.54. The Labute approximate surface area is 179 Å². The van der Waals surface area contributed by atoms with Gasteiger partial charge >= 0.3 is 13.6 Å². The van der Waals surface area contributed by atoms with Crippen molar-refractivity contribution < 1.29 is 22.5 Å². The number of amides is 1. The van der Waals surface area contributed by atoms with Crippen LogP contribution < -0.4 is 11.2 Å². The molecule has 1 aliphatic rings. The van der Waals surface area contributed by atoms with E-state index in [2.05, 4.69) is 4.98 Å². The van der Waals surface area contributed by atoms with Gasteiger partial charge in [0.05, 0.1) is 11.1 Å². The molecule has 0 aliphatic heterocycles. The van der Waals surface area contributed by atoms with Gasteiger partial charge in [0.15, 0.2) is 0 Å². The van der Waals surface area contributed by atoms with Crippen molar-refractivity contribution in [1.82, 2.24) is 9.38 Å². The number of aromatic nitrogens is 2. The summed E-state index contributed by atoms with van der Waals surface area (Å²) in [7, 11) is -5.87. The van der Waals surface area contributed by atoms with Gasteiger partial charge in [0.25, 0.3) is 0 Å². The third-order valence-electron chi connectivity index (χ3n) is 5.59. The Kier molecular flexibility index (Phi) is 5.89. The van der Waals surface area contributed by atoms with E-state index in [0.29, 0.717) is 17.0 Å². The molecule has 3 N–H and O–H groups in total. The van der Waals surface area contributed by atoms with Gasteiger partial charge in [-0.05, 0) is 69.0 Å². The SMILES string of the molecule is CC1=C(C(N)=O)c2c([P+](F)(F)F)nc3cc(C)cn3c2C1.Cc1ccc(O)c(C)c1C. The predicted octanol–water partition coefficient (Wildman–Crippen LogP) is 5.07. The lowest BCUT2D eigenvalue weighted by atomic mass is 10.0. The van der Waals surface area contributed by atoms with E-state index >= 15 is 0 Å². The number of nitrogens with two attached hydrogens (primary N) is 1. The molecule has 2 aromatic heterocycles. The number of primary amides is 1. The second kappa shape index (κ2) is 8.00. The van der Waals surface area contributed by atoms with Gasteiger partial charge in [0, 0.05) is 30.9 Å². The van der Waals surface area contributed by atoms with Crippen LogP contribution in [0, 0.1) is 27.7 Å². The first-order valence-corrected chi connectivity index (χ1v) is 11.0. The predicted molar refractivity (Wildman–Crippen MR) is 118 cm³/mol. The quantitative estimate of drug-likeness (QED) is 0.535. The number of carbonyl (C=O) groups excluding carboxylic acids is 1. The zero-order valence-corrected chi connectivity index (χ0v) is 18.8. The highest BCUT2D eigenvalue weighted by Crippen LogP contribution is 2.64. The van der Waals surface area contributed by atoms with Crippen LogP contribution in [-0.2, 0) is 11.2 Å². The second-order valence-electron chi connectivity index (χ2n) is 7.80. The topological polar surface area (TPSA) is 80.6 Å². The summed E-state index contributed by atoms with van der Waals surface area (Å²) in [4.78, 5) is 15.3. The van der Waals surface area contributed by atoms with Crippen molar-refractivity contribution in [2.45, 2.75) is 41.0 Å². The van der Waals surface area contributed by atoms with Crippen LogP contribution in [0.5, 0.6) is 5.75 Å². The third-order valence-corrected chi connectivity index (χ3v) is 6.39. The molecule has 0 saturated heterocycles. The summed E-state index contributed by atoms with van der Waals surface area (Å²) in [6.07, 6.45) is 1.99. The van der Waals surface area contributed by atoms with Crippen LogP contribution in [0.15, 0.2) is 30.0 Å². The molecule has 3 aromatic rings. The minimum atomic E-state index is -5.87. The largest absolute Gasteiger partial charge is 0.620 e. The number of fused-ring (bicyclic) bond motifs is 3. The number of aromatic hydroxyl groups is 1. The number of nitrogens with zero attached hydrogens (tertiary/aromatic N) is 2. The van der Waals surface area contributed by atoms with Crippen molar-refractivity contribution in [2.24, 2.45) is 5.73 Å². The fraction of sp³-hybridized carbons (Fsp3) is 0.273. The smallest absolute Gasteiger partial charge is 0.508 e. The number of halogens is 3. The molecule has 4 rings (SSSR count). The molecular formula is C22H24F3N3O2P+. The van der Waals surface area contributed by atoms with E-state index < -0.39 is 19.5 Å². The average Bonchev–Trinajstić information content (AvgIpc) is 3.20. The standard InChI is InChI=1S/C13H11F3N3OP.C9H12O/c1-6-3-9-18-13(21(14,15)16)11-8(19(9)5-6)4-7(2)10(11)12(17)20;1-6-4-5-9(10)8(3)7(6)2/h3,5H,4H2,1-2H3,(H-,17,20);4-5,10H,1-3H3/p+1. The van der Waals surface area contributed by atoms with Crippen molar-refractivity contribution in [1.29, 1.82) is 0 Å². The molecule has 2 heterocycles. The van der Waals surface area contributed by atoms with E-state index in [1.165, 1.54) is 11.1 Å². The first kappa shape index (κ1) is 22.8. The molecule has 0 bridgehead atoms. The monoisotopic (exact) mass is 450 g/mol. The second-order valence-corrected chi connectivity index (χ2v) is 9.11. The number of rotatable bonds is 2. The summed E-state index contributed by atoms with van der Waals surface area (Å²) in [5.74, 6) is -0.450. The molecule has 5 nitrogen and oxygen atoms in total. The van der Waals surface area contributed by atoms with Crippen LogP contribution in [0.2, 0.25) is 0 Å². The number of phenolic OH excluding ortho intramolecular Hbond substituents is 1. The van der Waals surface area contributed by atoms with E-state index in [1.54, 1.807) is 36.6 Å². The average molecular weight is 450 g/mol. The van der Waals surface area contributed by atoms with Gasteiger partial charge in [0.2, 0.25) is 5.91 Å². The summed E-state index contributed by atoms with van der Waals surface area (Å²) < 4.78 is 41.8. The summed E-state index contributed by atoms with van der Waals surface area (Å²) in [5, 5.41) is 9.22. The Balaban J connectivity index is 0.000000229. The summed E-state index contributed by atoms with van der Waals surface area (Å²) in [5.41, 5.74) is 9.60. The lowest BCUT2D eigenvalue weighted by Gasteiger charge is -2.08. The molecule has 9 heteroatoms. The maximum atomic E-state index is 13.4. The van der Waals surface area contributed by atoms with Gasteiger partial charge in [-0.1, -0.05) is 11.6 Å². The first-order valence-electron chi connectivity index (χ1n) is 9.58. The minimum absolute atomic E-state index is 0.0434. The number of carbonyl (C=O) groups is 1. The molecular weight excluding hydrogens is 426 g/mol. The maximum Gasteiger partial charge on any atom is 0.620 e. The number of phenols is 1. The van der Waals surface area contributed by atoms with Gasteiger partial charge in [-0.25, -0.2) is 0 Å². The van der Waals surface area contributed by atoms with Crippen molar-refractivity contribution >= 4 is 30.8 Å². The number of benzene rings is 1. The minimum Gasteiger partial charge on any atom is -0.508 e. The lowest BCUT2D eigenvalue weighted by Crippen LogP contribution is -2.22. The molecule has 1 aliphatic carbocycles. The molecule has 0 atom stereocenters. The third kappa shape index (κ3) is 4.17. The van der Waals surface area contributed by atoms with E-state index in [-0.39, 0.29) is 23.2 Å². The molecule has 0 saturated carbocycles. The van der Waals surface area contributed by atoms with E-state index in [0.717, 1.165) is 11.1 Å². The Morgan fingerprint density at radius 1 is 1.13 bits per heavy atom. The van der Waals surface area contributed by atoms with Gasteiger partial charge in [0.1, 0.15) is 11.4 Å². The van der Waals surface area contributed by atoms with E-state index in [9.17, 15) is 22.5 Å². The zero-order valence-electron chi connectivity index (χ0n) is 17.9. The van der Waals surface area contributed by atoms with Crippen LogP contribution in [0.1, 0.15) is 40.4 Å². The van der Waals surface area contributed by atoms with E-state index in [4.69, 9.17) is 5.73 Å². The fourth-order valence-electron chi connectivity index (χ4n) is 3.74. The molecule has 0 radical (unpaired) electrons. The highest BCUT2D eigenvalue weighted by atomic mass is 31.3. The van der Waals surface area contributed by atoms with E-state index in [1.807, 2.05) is 26.8 Å². The Morgan fingerprint density at radius 2 is 1.77 bits per heavy atom. The lowest BCUT2D eigenvalue weighted by molar-refractivity contribution is -0.112. The van der Waals surface area contributed by atoms with Crippen LogP contribution in [0.4, 0.5) is 12.6 Å². The fourth-order valence-corrected chi connectivity index (χ4v) is 4.45. The van der Waals surface area contributed by atoms with Gasteiger partial charge in [-0.15, -0.1) is 0 Å². The van der Waals surface area contributed by atoms with Crippen LogP contribution in [-0.4, -0.2) is 20.4 Å². The molecule has 0 unspecified atom stereocenters. The van der Waals surface area contributed by atoms with Crippen LogP contribution in [0.25, 0.3) is 11.2 Å². The van der Waals surface area contributed by atoms with Crippen LogP contribution in [0.3, 0.4) is 0 Å². The van der Waals surface area contributed by atoms with Gasteiger partial charge in [-0.2, -0.15) is 4.98 Å². The molecule has 164 valence electrons. The molecule has 1 amide bonds. The molecule has 0 fully saturated rings. The summed E-state index contributed by atoms with van der Waals surface area (Å²) >= 11 is 0. The summed E-state index contributed by atoms with van der Waals surface area (Å²) in [6, 6.07) is 5.26. The van der Waals surface area contributed by atoms with Crippen LogP contribution >= 0.6 is 8.19 Å². The zero-order chi connectivity index (χ0) is 23.2. The Bertz CT molecular complexity index is 1220. The molecule has 1 aromatic carbocycles. The molecule has 31 heavy (non-hydrogen) atoms. The van der Waals surface area contributed by atoms with Gasteiger partial charge < -0.3 is 15.2 Å². The number of hydrogen-bond donors (Lipinski definition) is 2. The number of allylic oxidation sites excluding steroid dienone is 1.